The standard InChI is InChI=1S/C10H16N4O2/c15-9(2-5-14-8-11-7-13-14)12-6-10(16)3-1-4-10/h7-8,16H,1-6H2,(H,12,15). The van der Waals surface area contributed by atoms with Gasteiger partial charge in [0.05, 0.1) is 12.1 Å². The van der Waals surface area contributed by atoms with Crippen molar-refractivity contribution in [3.05, 3.63) is 12.7 Å². The summed E-state index contributed by atoms with van der Waals surface area (Å²) < 4.78 is 1.61. The minimum absolute atomic E-state index is 0.0594. The Morgan fingerprint density at radius 2 is 2.38 bits per heavy atom. The Morgan fingerprint density at radius 1 is 1.56 bits per heavy atom. The summed E-state index contributed by atoms with van der Waals surface area (Å²) in [5.74, 6) is -0.0594. The zero-order valence-electron chi connectivity index (χ0n) is 9.09. The lowest BCUT2D eigenvalue weighted by Gasteiger charge is -2.36. The number of aromatic nitrogens is 3. The Morgan fingerprint density at radius 3 is 2.94 bits per heavy atom. The molecule has 0 radical (unpaired) electrons. The van der Waals surface area contributed by atoms with Crippen molar-refractivity contribution in [3.63, 3.8) is 0 Å². The number of rotatable bonds is 5. The molecular formula is C10H16N4O2. The first-order valence-electron chi connectivity index (χ1n) is 5.49. The van der Waals surface area contributed by atoms with E-state index in [4.69, 9.17) is 0 Å². The van der Waals surface area contributed by atoms with E-state index in [9.17, 15) is 9.90 Å². The van der Waals surface area contributed by atoms with Crippen molar-refractivity contribution in [1.29, 1.82) is 0 Å². The van der Waals surface area contributed by atoms with Crippen molar-refractivity contribution >= 4 is 5.91 Å². The summed E-state index contributed by atoms with van der Waals surface area (Å²) in [6, 6.07) is 0. The molecule has 0 aromatic carbocycles. The van der Waals surface area contributed by atoms with Gasteiger partial charge in [-0.15, -0.1) is 0 Å². The first-order chi connectivity index (χ1) is 7.68. The van der Waals surface area contributed by atoms with Crippen LogP contribution in [-0.2, 0) is 11.3 Å². The Hall–Kier alpha value is -1.43. The summed E-state index contributed by atoms with van der Waals surface area (Å²) >= 11 is 0. The monoisotopic (exact) mass is 224 g/mol. The van der Waals surface area contributed by atoms with E-state index in [1.807, 2.05) is 0 Å². The Kier molecular flexibility index (Phi) is 3.19. The lowest BCUT2D eigenvalue weighted by atomic mass is 9.80. The van der Waals surface area contributed by atoms with E-state index in [0.717, 1.165) is 19.3 Å². The van der Waals surface area contributed by atoms with Gasteiger partial charge in [0.15, 0.2) is 0 Å². The van der Waals surface area contributed by atoms with Gasteiger partial charge in [-0.2, -0.15) is 5.10 Å². The van der Waals surface area contributed by atoms with Crippen molar-refractivity contribution < 1.29 is 9.90 Å². The average molecular weight is 224 g/mol. The number of nitrogens with zero attached hydrogens (tertiary/aromatic N) is 3. The minimum atomic E-state index is -0.650. The molecule has 1 aromatic heterocycles. The smallest absolute Gasteiger partial charge is 0.221 e. The van der Waals surface area contributed by atoms with Gasteiger partial charge in [0, 0.05) is 13.0 Å². The molecule has 1 fully saturated rings. The third-order valence-corrected chi connectivity index (χ3v) is 2.93. The van der Waals surface area contributed by atoms with Gasteiger partial charge in [0.2, 0.25) is 5.91 Å². The Balaban J connectivity index is 1.65. The number of hydrogen-bond acceptors (Lipinski definition) is 4. The molecule has 1 aliphatic carbocycles. The second kappa shape index (κ2) is 4.61. The molecule has 6 nitrogen and oxygen atoms in total. The molecule has 1 amide bonds. The normalized spacial score (nSPS) is 17.8. The summed E-state index contributed by atoms with van der Waals surface area (Å²) in [6.07, 6.45) is 6.00. The van der Waals surface area contributed by atoms with E-state index in [2.05, 4.69) is 15.4 Å². The largest absolute Gasteiger partial charge is 0.388 e. The van der Waals surface area contributed by atoms with Gasteiger partial charge in [0.25, 0.3) is 0 Å². The number of aryl methyl sites for hydroxylation is 1. The third kappa shape index (κ3) is 2.79. The van der Waals surface area contributed by atoms with Crippen molar-refractivity contribution in [2.24, 2.45) is 0 Å². The average Bonchev–Trinajstić information content (AvgIpc) is 2.73. The molecule has 0 bridgehead atoms. The first-order valence-corrected chi connectivity index (χ1v) is 5.49. The van der Waals surface area contributed by atoms with Crippen molar-refractivity contribution in [2.45, 2.75) is 37.8 Å². The fourth-order valence-corrected chi connectivity index (χ4v) is 1.68. The van der Waals surface area contributed by atoms with Crippen LogP contribution in [0.15, 0.2) is 12.7 Å². The molecule has 16 heavy (non-hydrogen) atoms. The molecule has 0 saturated heterocycles. The molecule has 88 valence electrons. The van der Waals surface area contributed by atoms with Gasteiger partial charge < -0.3 is 10.4 Å². The summed E-state index contributed by atoms with van der Waals surface area (Å²) in [5, 5.41) is 16.4. The van der Waals surface area contributed by atoms with Crippen molar-refractivity contribution in [2.75, 3.05) is 6.54 Å². The summed E-state index contributed by atoms with van der Waals surface area (Å²) in [5.41, 5.74) is -0.650. The van der Waals surface area contributed by atoms with Crippen LogP contribution in [-0.4, -0.2) is 37.9 Å². The minimum Gasteiger partial charge on any atom is -0.388 e. The highest BCUT2D eigenvalue weighted by molar-refractivity contribution is 5.75. The number of carbonyl (C=O) groups excluding carboxylic acids is 1. The van der Waals surface area contributed by atoms with Gasteiger partial charge in [-0.3, -0.25) is 9.48 Å². The maximum absolute atomic E-state index is 11.4. The molecule has 1 heterocycles. The zero-order chi connectivity index (χ0) is 11.4. The fraction of sp³-hybridized carbons (Fsp3) is 0.700. The van der Waals surface area contributed by atoms with Crippen LogP contribution in [0.2, 0.25) is 0 Å². The molecule has 6 heteroatoms. The fourth-order valence-electron chi connectivity index (χ4n) is 1.68. The molecule has 0 spiro atoms. The van der Waals surface area contributed by atoms with Gasteiger partial charge in [-0.05, 0) is 19.3 Å². The van der Waals surface area contributed by atoms with Crippen LogP contribution < -0.4 is 5.32 Å². The predicted octanol–water partition coefficient (Wildman–Crippen LogP) is -0.301. The van der Waals surface area contributed by atoms with E-state index in [1.54, 1.807) is 11.0 Å². The molecule has 1 saturated carbocycles. The molecular weight excluding hydrogens is 208 g/mol. The molecule has 0 atom stereocenters. The summed E-state index contributed by atoms with van der Waals surface area (Å²) in [4.78, 5) is 15.2. The van der Waals surface area contributed by atoms with Crippen LogP contribution in [0.4, 0.5) is 0 Å². The van der Waals surface area contributed by atoms with Gasteiger partial charge in [-0.25, -0.2) is 4.98 Å². The van der Waals surface area contributed by atoms with Gasteiger partial charge in [0.1, 0.15) is 12.7 Å². The van der Waals surface area contributed by atoms with E-state index in [0.29, 0.717) is 19.5 Å². The second-order valence-electron chi connectivity index (χ2n) is 4.26. The lowest BCUT2D eigenvalue weighted by Crippen LogP contribution is -2.47. The molecule has 1 aliphatic rings. The molecule has 1 aromatic rings. The number of hydrogen-bond donors (Lipinski definition) is 2. The third-order valence-electron chi connectivity index (χ3n) is 2.93. The maximum atomic E-state index is 11.4. The number of nitrogens with one attached hydrogen (secondary N) is 1. The van der Waals surface area contributed by atoms with Crippen LogP contribution in [0.5, 0.6) is 0 Å². The van der Waals surface area contributed by atoms with E-state index in [-0.39, 0.29) is 5.91 Å². The van der Waals surface area contributed by atoms with Crippen molar-refractivity contribution in [3.8, 4) is 0 Å². The Bertz CT molecular complexity index is 346. The zero-order valence-corrected chi connectivity index (χ0v) is 9.09. The van der Waals surface area contributed by atoms with Gasteiger partial charge in [-0.1, -0.05) is 0 Å². The number of aliphatic hydroxyl groups is 1. The number of carbonyl (C=O) groups is 1. The van der Waals surface area contributed by atoms with Crippen LogP contribution >= 0.6 is 0 Å². The molecule has 0 aliphatic heterocycles. The van der Waals surface area contributed by atoms with Crippen LogP contribution in [0.1, 0.15) is 25.7 Å². The SMILES string of the molecule is O=C(CCn1cncn1)NCC1(O)CCC1. The quantitative estimate of drug-likeness (QED) is 0.719. The van der Waals surface area contributed by atoms with E-state index < -0.39 is 5.60 Å². The molecule has 2 rings (SSSR count). The van der Waals surface area contributed by atoms with Crippen molar-refractivity contribution in [1.82, 2.24) is 20.1 Å². The summed E-state index contributed by atoms with van der Waals surface area (Å²) in [7, 11) is 0. The highest BCUT2D eigenvalue weighted by atomic mass is 16.3. The highest BCUT2D eigenvalue weighted by Crippen LogP contribution is 2.30. The topological polar surface area (TPSA) is 80.0 Å². The number of amides is 1. The highest BCUT2D eigenvalue weighted by Gasteiger charge is 2.34. The molecule has 2 N–H and O–H groups in total. The van der Waals surface area contributed by atoms with E-state index >= 15 is 0 Å². The van der Waals surface area contributed by atoms with Crippen LogP contribution in [0.25, 0.3) is 0 Å². The second-order valence-corrected chi connectivity index (χ2v) is 4.26. The first kappa shape index (κ1) is 11.1. The Labute approximate surface area is 93.7 Å². The summed E-state index contributed by atoms with van der Waals surface area (Å²) in [6.45, 7) is 0.882. The lowest BCUT2D eigenvalue weighted by molar-refractivity contribution is -0.123. The molecule has 0 unspecified atom stereocenters. The van der Waals surface area contributed by atoms with Crippen LogP contribution in [0.3, 0.4) is 0 Å². The van der Waals surface area contributed by atoms with Crippen LogP contribution in [0, 0.1) is 0 Å². The van der Waals surface area contributed by atoms with Gasteiger partial charge >= 0.3 is 0 Å². The van der Waals surface area contributed by atoms with E-state index in [1.165, 1.54) is 6.33 Å². The maximum Gasteiger partial charge on any atom is 0.221 e. The predicted molar refractivity (Wildman–Crippen MR) is 56.4 cm³/mol.